The molecule has 0 atom stereocenters. The van der Waals surface area contributed by atoms with Crippen LogP contribution in [-0.4, -0.2) is 17.9 Å². The molecule has 0 radical (unpaired) electrons. The van der Waals surface area contributed by atoms with Crippen molar-refractivity contribution in [2.24, 2.45) is 0 Å². The van der Waals surface area contributed by atoms with Gasteiger partial charge in [-0.1, -0.05) is 0 Å². The number of carbonyl (C=O) groups is 1. The Morgan fingerprint density at radius 2 is 2.20 bits per heavy atom. The van der Waals surface area contributed by atoms with Gasteiger partial charge >= 0.3 is 0 Å². The summed E-state index contributed by atoms with van der Waals surface area (Å²) in [7, 11) is 1.47. The fourth-order valence-corrected chi connectivity index (χ4v) is 1.71. The summed E-state index contributed by atoms with van der Waals surface area (Å²) in [5.74, 6) is -0.366. The van der Waals surface area contributed by atoms with Gasteiger partial charge in [0.15, 0.2) is 0 Å². The molecular formula is C13H13N3O4. The summed E-state index contributed by atoms with van der Waals surface area (Å²) in [6, 6.07) is 6.06. The first-order chi connectivity index (χ1) is 9.61. The second-order valence-electron chi connectivity index (χ2n) is 4.05. The van der Waals surface area contributed by atoms with E-state index in [0.717, 1.165) is 5.56 Å². The molecule has 2 N–H and O–H groups in total. The van der Waals surface area contributed by atoms with Crippen LogP contribution >= 0.6 is 0 Å². The second-order valence-corrected chi connectivity index (χ2v) is 4.05. The zero-order valence-electron chi connectivity index (χ0n) is 10.8. The van der Waals surface area contributed by atoms with E-state index in [1.54, 1.807) is 12.3 Å². The Bertz CT molecular complexity index is 623. The van der Waals surface area contributed by atoms with Crippen LogP contribution in [0, 0.1) is 10.1 Å². The third kappa shape index (κ3) is 2.94. The van der Waals surface area contributed by atoms with Gasteiger partial charge in [0.2, 0.25) is 0 Å². The van der Waals surface area contributed by atoms with Crippen LogP contribution in [0.4, 0.5) is 11.4 Å². The Balaban J connectivity index is 2.23. The molecule has 0 bridgehead atoms. The predicted octanol–water partition coefficient (Wildman–Crippen LogP) is 2.16. The van der Waals surface area contributed by atoms with Gasteiger partial charge in [0.25, 0.3) is 11.6 Å². The first-order valence-corrected chi connectivity index (χ1v) is 5.87. The molecule has 104 valence electrons. The van der Waals surface area contributed by atoms with Crippen LogP contribution in [0.1, 0.15) is 15.9 Å². The van der Waals surface area contributed by atoms with Crippen molar-refractivity contribution in [1.82, 2.24) is 5.32 Å². The van der Waals surface area contributed by atoms with E-state index in [2.05, 4.69) is 10.6 Å². The van der Waals surface area contributed by atoms with Gasteiger partial charge < -0.3 is 15.1 Å². The SMILES string of the molecule is CNC(=O)c1ccc(NCc2ccoc2)c([N+](=O)[O-])c1. The minimum Gasteiger partial charge on any atom is -0.472 e. The highest BCUT2D eigenvalue weighted by atomic mass is 16.6. The highest BCUT2D eigenvalue weighted by Gasteiger charge is 2.17. The van der Waals surface area contributed by atoms with E-state index in [1.807, 2.05) is 0 Å². The number of nitrogens with zero attached hydrogens (tertiary/aromatic N) is 1. The number of nitro benzene ring substituents is 1. The average Bonchev–Trinajstić information content (AvgIpc) is 2.97. The van der Waals surface area contributed by atoms with Crippen molar-refractivity contribution in [2.75, 3.05) is 12.4 Å². The van der Waals surface area contributed by atoms with Gasteiger partial charge in [-0.25, -0.2) is 0 Å². The summed E-state index contributed by atoms with van der Waals surface area (Å²) in [6.45, 7) is 0.399. The van der Waals surface area contributed by atoms with Gasteiger partial charge in [-0.15, -0.1) is 0 Å². The number of nitrogens with one attached hydrogen (secondary N) is 2. The molecule has 0 saturated heterocycles. The van der Waals surface area contributed by atoms with E-state index in [0.29, 0.717) is 12.2 Å². The number of rotatable bonds is 5. The normalized spacial score (nSPS) is 10.1. The van der Waals surface area contributed by atoms with E-state index < -0.39 is 4.92 Å². The Morgan fingerprint density at radius 1 is 1.40 bits per heavy atom. The van der Waals surface area contributed by atoms with E-state index in [1.165, 1.54) is 31.5 Å². The van der Waals surface area contributed by atoms with Crippen LogP contribution in [0.25, 0.3) is 0 Å². The smallest absolute Gasteiger partial charge is 0.293 e. The number of carbonyl (C=O) groups excluding carboxylic acids is 1. The third-order valence-corrected chi connectivity index (χ3v) is 2.75. The van der Waals surface area contributed by atoms with Crippen LogP contribution < -0.4 is 10.6 Å². The average molecular weight is 275 g/mol. The molecule has 0 aliphatic heterocycles. The molecule has 0 aliphatic rings. The lowest BCUT2D eigenvalue weighted by atomic mass is 10.1. The van der Waals surface area contributed by atoms with Gasteiger partial charge in [-0.05, 0) is 18.2 Å². The quantitative estimate of drug-likeness (QED) is 0.643. The summed E-state index contributed by atoms with van der Waals surface area (Å²) < 4.78 is 4.92. The molecule has 1 amide bonds. The molecule has 0 saturated carbocycles. The van der Waals surface area contributed by atoms with E-state index in [-0.39, 0.29) is 17.2 Å². The van der Waals surface area contributed by atoms with Crippen LogP contribution in [0.2, 0.25) is 0 Å². The van der Waals surface area contributed by atoms with Crippen LogP contribution in [0.3, 0.4) is 0 Å². The summed E-state index contributed by atoms with van der Waals surface area (Å²) in [5, 5.41) is 16.4. The molecule has 0 aliphatic carbocycles. The van der Waals surface area contributed by atoms with Gasteiger partial charge in [-0.3, -0.25) is 14.9 Å². The second kappa shape index (κ2) is 5.87. The summed E-state index contributed by atoms with van der Waals surface area (Å²) in [6.07, 6.45) is 3.08. The number of hydrogen-bond donors (Lipinski definition) is 2. The summed E-state index contributed by atoms with van der Waals surface area (Å²) >= 11 is 0. The minimum atomic E-state index is -0.524. The fraction of sp³-hybridized carbons (Fsp3) is 0.154. The van der Waals surface area contributed by atoms with Crippen LogP contribution in [0.5, 0.6) is 0 Å². The van der Waals surface area contributed by atoms with E-state index >= 15 is 0 Å². The first kappa shape index (κ1) is 13.6. The van der Waals surface area contributed by atoms with Gasteiger partial charge in [0.05, 0.1) is 17.4 Å². The Labute approximate surface area is 114 Å². The first-order valence-electron chi connectivity index (χ1n) is 5.87. The monoisotopic (exact) mass is 275 g/mol. The predicted molar refractivity (Wildman–Crippen MR) is 72.5 cm³/mol. The molecule has 2 rings (SSSR count). The Kier molecular flexibility index (Phi) is 3.99. The maximum atomic E-state index is 11.5. The van der Waals surface area contributed by atoms with E-state index in [4.69, 9.17) is 4.42 Å². The molecule has 0 fully saturated rings. The molecule has 0 unspecified atom stereocenters. The highest BCUT2D eigenvalue weighted by Crippen LogP contribution is 2.26. The number of nitro groups is 1. The Hall–Kier alpha value is -2.83. The topological polar surface area (TPSA) is 97.4 Å². The number of benzene rings is 1. The van der Waals surface area contributed by atoms with Crippen LogP contribution in [-0.2, 0) is 6.54 Å². The lowest BCUT2D eigenvalue weighted by molar-refractivity contribution is -0.384. The van der Waals surface area contributed by atoms with Gasteiger partial charge in [0.1, 0.15) is 5.69 Å². The van der Waals surface area contributed by atoms with Crippen molar-refractivity contribution >= 4 is 17.3 Å². The number of hydrogen-bond acceptors (Lipinski definition) is 5. The van der Waals surface area contributed by atoms with Gasteiger partial charge in [0, 0.05) is 30.8 Å². The van der Waals surface area contributed by atoms with Crippen molar-refractivity contribution in [3.8, 4) is 0 Å². The van der Waals surface area contributed by atoms with Crippen molar-refractivity contribution < 1.29 is 14.1 Å². The molecule has 2 aromatic rings. The lowest BCUT2D eigenvalue weighted by Crippen LogP contribution is -2.18. The standard InChI is InChI=1S/C13H13N3O4/c1-14-13(17)10-2-3-11(12(6-10)16(18)19)15-7-9-4-5-20-8-9/h2-6,8,15H,7H2,1H3,(H,14,17). The van der Waals surface area contributed by atoms with Crippen molar-refractivity contribution in [2.45, 2.75) is 6.54 Å². The lowest BCUT2D eigenvalue weighted by Gasteiger charge is -2.07. The van der Waals surface area contributed by atoms with Crippen molar-refractivity contribution in [3.05, 3.63) is 58.0 Å². The molecule has 7 heteroatoms. The number of furan rings is 1. The van der Waals surface area contributed by atoms with Crippen molar-refractivity contribution in [1.29, 1.82) is 0 Å². The summed E-state index contributed by atoms with van der Waals surface area (Å²) in [4.78, 5) is 22.0. The maximum absolute atomic E-state index is 11.5. The molecule has 7 nitrogen and oxygen atoms in total. The minimum absolute atomic E-state index is 0.144. The fourth-order valence-electron chi connectivity index (χ4n) is 1.71. The molecule has 1 aromatic heterocycles. The molecule has 20 heavy (non-hydrogen) atoms. The Morgan fingerprint density at radius 3 is 2.80 bits per heavy atom. The molecule has 0 spiro atoms. The summed E-state index contributed by atoms with van der Waals surface area (Å²) in [5.41, 5.74) is 1.32. The highest BCUT2D eigenvalue weighted by molar-refractivity contribution is 5.95. The number of amides is 1. The number of anilines is 1. The largest absolute Gasteiger partial charge is 0.472 e. The van der Waals surface area contributed by atoms with Crippen molar-refractivity contribution in [3.63, 3.8) is 0 Å². The third-order valence-electron chi connectivity index (χ3n) is 2.75. The molecular weight excluding hydrogens is 262 g/mol. The zero-order valence-corrected chi connectivity index (χ0v) is 10.8. The van der Waals surface area contributed by atoms with Crippen LogP contribution in [0.15, 0.2) is 41.2 Å². The molecule has 1 heterocycles. The molecule has 1 aromatic carbocycles. The maximum Gasteiger partial charge on any atom is 0.293 e. The van der Waals surface area contributed by atoms with E-state index in [9.17, 15) is 14.9 Å². The van der Waals surface area contributed by atoms with Gasteiger partial charge in [-0.2, -0.15) is 0 Å². The zero-order chi connectivity index (χ0) is 14.5.